The van der Waals surface area contributed by atoms with Crippen molar-refractivity contribution in [3.05, 3.63) is 56.2 Å². The highest BCUT2D eigenvalue weighted by atomic mass is 79.9. The molecule has 0 bridgehead atoms. The molecule has 0 radical (unpaired) electrons. The van der Waals surface area contributed by atoms with Gasteiger partial charge in [-0.15, -0.1) is 0 Å². The first kappa shape index (κ1) is 15.1. The van der Waals surface area contributed by atoms with Gasteiger partial charge in [-0.1, -0.05) is 39.1 Å². The summed E-state index contributed by atoms with van der Waals surface area (Å²) in [4.78, 5) is 11.9. The maximum absolute atomic E-state index is 13.6. The zero-order valence-corrected chi connectivity index (χ0v) is 12.9. The van der Waals surface area contributed by atoms with Gasteiger partial charge in [0.15, 0.2) is 5.75 Å². The van der Waals surface area contributed by atoms with Crippen molar-refractivity contribution in [2.75, 3.05) is 5.32 Å². The molecule has 0 atom stereocenters. The van der Waals surface area contributed by atoms with Crippen LogP contribution in [-0.2, 0) is 0 Å². The number of halogens is 4. The molecule has 0 saturated heterocycles. The van der Waals surface area contributed by atoms with Crippen LogP contribution in [0.25, 0.3) is 0 Å². The van der Waals surface area contributed by atoms with Gasteiger partial charge in [-0.2, -0.15) is 0 Å². The van der Waals surface area contributed by atoms with Gasteiger partial charge in [-0.05, 0) is 30.3 Å². The van der Waals surface area contributed by atoms with Crippen LogP contribution in [0.15, 0.2) is 34.8 Å². The zero-order valence-electron chi connectivity index (χ0n) is 9.75. The number of carbonyl (C=O) groups excluding carboxylic acids is 1. The van der Waals surface area contributed by atoms with Crippen LogP contribution in [0.1, 0.15) is 10.4 Å². The number of amides is 1. The van der Waals surface area contributed by atoms with Gasteiger partial charge in [0.2, 0.25) is 0 Å². The normalized spacial score (nSPS) is 10.4. The van der Waals surface area contributed by atoms with E-state index in [1.165, 1.54) is 24.3 Å². The summed E-state index contributed by atoms with van der Waals surface area (Å²) < 4.78 is 14.2. The Balaban J connectivity index is 2.28. The molecule has 2 aromatic carbocycles. The van der Waals surface area contributed by atoms with E-state index >= 15 is 0 Å². The fourth-order valence-electron chi connectivity index (χ4n) is 1.51. The molecule has 0 aliphatic rings. The Morgan fingerprint density at radius 1 is 1.20 bits per heavy atom. The van der Waals surface area contributed by atoms with Crippen LogP contribution in [0, 0.1) is 5.82 Å². The lowest BCUT2D eigenvalue weighted by molar-refractivity contribution is 0.102. The highest BCUT2D eigenvalue weighted by molar-refractivity contribution is 9.10. The van der Waals surface area contributed by atoms with Crippen molar-refractivity contribution in [3.63, 3.8) is 0 Å². The Labute approximate surface area is 132 Å². The van der Waals surface area contributed by atoms with Crippen LogP contribution in [0.5, 0.6) is 5.75 Å². The smallest absolute Gasteiger partial charge is 0.258 e. The van der Waals surface area contributed by atoms with Gasteiger partial charge in [0.05, 0.1) is 15.6 Å². The summed E-state index contributed by atoms with van der Waals surface area (Å²) in [6, 6.07) is 6.72. The number of anilines is 1. The number of hydrogen-bond acceptors (Lipinski definition) is 2. The minimum absolute atomic E-state index is 0.0101. The number of aromatic hydroxyl groups is 1. The summed E-state index contributed by atoms with van der Waals surface area (Å²) in [6.07, 6.45) is 0. The number of phenols is 1. The molecule has 20 heavy (non-hydrogen) atoms. The van der Waals surface area contributed by atoms with E-state index in [0.29, 0.717) is 4.47 Å². The van der Waals surface area contributed by atoms with E-state index in [2.05, 4.69) is 21.2 Å². The van der Waals surface area contributed by atoms with E-state index in [-0.39, 0.29) is 27.0 Å². The molecule has 3 nitrogen and oxygen atoms in total. The largest absolute Gasteiger partial charge is 0.505 e. The average Bonchev–Trinajstić information content (AvgIpc) is 2.35. The highest BCUT2D eigenvalue weighted by Crippen LogP contribution is 2.34. The fourth-order valence-corrected chi connectivity index (χ4v) is 2.33. The molecule has 0 spiro atoms. The molecule has 0 fully saturated rings. The number of carbonyl (C=O) groups is 1. The van der Waals surface area contributed by atoms with Crippen molar-refractivity contribution >= 4 is 50.7 Å². The average molecular weight is 379 g/mol. The molecule has 0 aliphatic heterocycles. The summed E-state index contributed by atoms with van der Waals surface area (Å²) in [5.41, 5.74) is 0.138. The molecule has 2 aromatic rings. The van der Waals surface area contributed by atoms with Crippen LogP contribution >= 0.6 is 39.1 Å². The standard InChI is InChI=1S/C13H7BrCl2FNO2/c14-6-1-2-8(11(17)3-6)13(20)18-7-4-9(15)12(19)10(16)5-7/h1-5,19H,(H,18,20). The first-order chi connectivity index (χ1) is 9.38. The summed E-state index contributed by atoms with van der Waals surface area (Å²) in [7, 11) is 0. The molecule has 2 rings (SSSR count). The van der Waals surface area contributed by atoms with Crippen molar-refractivity contribution in [2.24, 2.45) is 0 Å². The third-order valence-electron chi connectivity index (χ3n) is 2.45. The highest BCUT2D eigenvalue weighted by Gasteiger charge is 2.14. The lowest BCUT2D eigenvalue weighted by atomic mass is 10.2. The van der Waals surface area contributed by atoms with Gasteiger partial charge in [0.1, 0.15) is 5.82 Å². The maximum atomic E-state index is 13.6. The van der Waals surface area contributed by atoms with Gasteiger partial charge in [0, 0.05) is 10.2 Å². The maximum Gasteiger partial charge on any atom is 0.258 e. The van der Waals surface area contributed by atoms with E-state index in [0.717, 1.165) is 0 Å². The van der Waals surface area contributed by atoms with Crippen molar-refractivity contribution < 1.29 is 14.3 Å². The molecule has 104 valence electrons. The first-order valence-electron chi connectivity index (χ1n) is 5.33. The molecule has 7 heteroatoms. The number of hydrogen-bond donors (Lipinski definition) is 2. The molecule has 0 heterocycles. The molecular formula is C13H7BrCl2FNO2. The van der Waals surface area contributed by atoms with Gasteiger partial charge < -0.3 is 10.4 Å². The predicted molar refractivity (Wildman–Crippen MR) is 80.2 cm³/mol. The lowest BCUT2D eigenvalue weighted by Crippen LogP contribution is -2.13. The van der Waals surface area contributed by atoms with E-state index in [1.807, 2.05) is 0 Å². The number of benzene rings is 2. The zero-order chi connectivity index (χ0) is 14.9. The lowest BCUT2D eigenvalue weighted by Gasteiger charge is -2.08. The summed E-state index contributed by atoms with van der Waals surface area (Å²) in [5, 5.41) is 11.8. The summed E-state index contributed by atoms with van der Waals surface area (Å²) >= 11 is 14.6. The summed E-state index contributed by atoms with van der Waals surface area (Å²) in [6.45, 7) is 0. The Morgan fingerprint density at radius 2 is 1.80 bits per heavy atom. The van der Waals surface area contributed by atoms with Crippen molar-refractivity contribution in [2.45, 2.75) is 0 Å². The van der Waals surface area contributed by atoms with E-state index in [1.54, 1.807) is 6.07 Å². The number of nitrogens with one attached hydrogen (secondary N) is 1. The predicted octanol–water partition coefficient (Wildman–Crippen LogP) is 4.85. The topological polar surface area (TPSA) is 49.3 Å². The Hall–Kier alpha value is -1.30. The van der Waals surface area contributed by atoms with E-state index in [4.69, 9.17) is 23.2 Å². The van der Waals surface area contributed by atoms with E-state index < -0.39 is 11.7 Å². The quantitative estimate of drug-likeness (QED) is 0.733. The van der Waals surface area contributed by atoms with E-state index in [9.17, 15) is 14.3 Å². The SMILES string of the molecule is O=C(Nc1cc(Cl)c(O)c(Cl)c1)c1ccc(Br)cc1F. The van der Waals surface area contributed by atoms with Crippen LogP contribution in [0.4, 0.5) is 10.1 Å². The van der Waals surface area contributed by atoms with Gasteiger partial charge in [0.25, 0.3) is 5.91 Å². The molecule has 1 amide bonds. The van der Waals surface area contributed by atoms with Crippen molar-refractivity contribution in [1.29, 1.82) is 0 Å². The number of phenolic OH excluding ortho intramolecular Hbond substituents is 1. The van der Waals surface area contributed by atoms with Crippen molar-refractivity contribution in [3.8, 4) is 5.75 Å². The fraction of sp³-hybridized carbons (Fsp3) is 0. The Morgan fingerprint density at radius 3 is 2.35 bits per heavy atom. The minimum Gasteiger partial charge on any atom is -0.505 e. The second-order valence-corrected chi connectivity index (χ2v) is 5.60. The second kappa shape index (κ2) is 5.99. The Bertz CT molecular complexity index is 671. The molecular weight excluding hydrogens is 372 g/mol. The third kappa shape index (κ3) is 3.23. The van der Waals surface area contributed by atoms with Crippen LogP contribution in [0.2, 0.25) is 10.0 Å². The summed E-state index contributed by atoms with van der Waals surface area (Å²) in [5.74, 6) is -1.58. The number of rotatable bonds is 2. The van der Waals surface area contributed by atoms with Crippen molar-refractivity contribution in [1.82, 2.24) is 0 Å². The monoisotopic (exact) mass is 377 g/mol. The molecule has 0 aromatic heterocycles. The molecule has 0 aliphatic carbocycles. The second-order valence-electron chi connectivity index (χ2n) is 3.87. The molecule has 0 saturated carbocycles. The third-order valence-corrected chi connectivity index (χ3v) is 3.52. The molecule has 2 N–H and O–H groups in total. The van der Waals surface area contributed by atoms with Gasteiger partial charge in [-0.3, -0.25) is 4.79 Å². The Kier molecular flexibility index (Phi) is 4.52. The first-order valence-corrected chi connectivity index (χ1v) is 6.88. The van der Waals surface area contributed by atoms with Crippen LogP contribution in [0.3, 0.4) is 0 Å². The van der Waals surface area contributed by atoms with Gasteiger partial charge in [-0.25, -0.2) is 4.39 Å². The van der Waals surface area contributed by atoms with Gasteiger partial charge >= 0.3 is 0 Å². The van der Waals surface area contributed by atoms with Crippen LogP contribution in [-0.4, -0.2) is 11.0 Å². The molecule has 0 unspecified atom stereocenters. The van der Waals surface area contributed by atoms with Crippen LogP contribution < -0.4 is 5.32 Å². The minimum atomic E-state index is -0.659.